The quantitative estimate of drug-likeness (QED) is 0.821. The summed E-state index contributed by atoms with van der Waals surface area (Å²) < 4.78 is 5.23. The first-order valence-electron chi connectivity index (χ1n) is 5.65. The fourth-order valence-electron chi connectivity index (χ4n) is 1.34. The minimum atomic E-state index is -0.188. The lowest BCUT2D eigenvalue weighted by molar-refractivity contribution is 0.321. The molecule has 1 aromatic heterocycles. The Morgan fingerprint density at radius 2 is 1.94 bits per heavy atom. The molecular formula is C11H22N4O. The predicted octanol–water partition coefficient (Wildman–Crippen LogP) is 1.39. The van der Waals surface area contributed by atoms with Crippen molar-refractivity contribution in [3.63, 3.8) is 0 Å². The van der Waals surface area contributed by atoms with Crippen molar-refractivity contribution in [1.29, 1.82) is 0 Å². The first-order valence-corrected chi connectivity index (χ1v) is 5.65. The summed E-state index contributed by atoms with van der Waals surface area (Å²) in [6.07, 6.45) is 0. The molecule has 0 saturated carbocycles. The molecule has 2 N–H and O–H groups in total. The van der Waals surface area contributed by atoms with Gasteiger partial charge in [0.05, 0.1) is 6.04 Å². The van der Waals surface area contributed by atoms with Crippen LogP contribution in [0.2, 0.25) is 0 Å². The van der Waals surface area contributed by atoms with Crippen molar-refractivity contribution < 1.29 is 4.52 Å². The number of hydrogen-bond acceptors (Lipinski definition) is 5. The molecule has 1 aromatic rings. The van der Waals surface area contributed by atoms with E-state index in [9.17, 15) is 0 Å². The zero-order valence-corrected chi connectivity index (χ0v) is 10.8. The van der Waals surface area contributed by atoms with Gasteiger partial charge in [0, 0.05) is 12.5 Å². The predicted molar refractivity (Wildman–Crippen MR) is 63.0 cm³/mol. The Balaban J connectivity index is 2.71. The second-order valence-electron chi connectivity index (χ2n) is 4.89. The van der Waals surface area contributed by atoms with Crippen LogP contribution < -0.4 is 5.73 Å². The van der Waals surface area contributed by atoms with Crippen LogP contribution in [0.25, 0.3) is 0 Å². The molecule has 16 heavy (non-hydrogen) atoms. The summed E-state index contributed by atoms with van der Waals surface area (Å²) in [6, 6.07) is -0.188. The van der Waals surface area contributed by atoms with Crippen molar-refractivity contribution in [3.05, 3.63) is 11.7 Å². The molecule has 0 saturated heterocycles. The summed E-state index contributed by atoms with van der Waals surface area (Å²) in [5.74, 6) is 2.03. The summed E-state index contributed by atoms with van der Waals surface area (Å²) in [5.41, 5.74) is 5.96. The Labute approximate surface area is 97.0 Å². The highest BCUT2D eigenvalue weighted by Crippen LogP contribution is 2.22. The molecule has 0 spiro atoms. The van der Waals surface area contributed by atoms with Gasteiger partial charge in [-0.15, -0.1) is 0 Å². The maximum Gasteiger partial charge on any atom is 0.229 e. The SMILES string of the molecule is CC(C)C(C)c1nc(C(N)CN(C)C)no1. The molecule has 0 aliphatic rings. The number of likely N-dealkylation sites (N-methyl/N-ethyl adjacent to an activating group) is 1. The number of aromatic nitrogens is 2. The average Bonchev–Trinajstić information content (AvgIpc) is 2.63. The van der Waals surface area contributed by atoms with E-state index in [0.29, 0.717) is 17.6 Å². The summed E-state index contributed by atoms with van der Waals surface area (Å²) >= 11 is 0. The van der Waals surface area contributed by atoms with Gasteiger partial charge in [0.15, 0.2) is 5.82 Å². The summed E-state index contributed by atoms with van der Waals surface area (Å²) in [4.78, 5) is 6.36. The molecular weight excluding hydrogens is 204 g/mol. The largest absolute Gasteiger partial charge is 0.339 e. The number of nitrogens with two attached hydrogens (primary N) is 1. The van der Waals surface area contributed by atoms with E-state index in [1.807, 2.05) is 19.0 Å². The van der Waals surface area contributed by atoms with E-state index in [1.54, 1.807) is 0 Å². The van der Waals surface area contributed by atoms with Gasteiger partial charge in [-0.05, 0) is 20.0 Å². The lowest BCUT2D eigenvalue weighted by atomic mass is 9.98. The van der Waals surface area contributed by atoms with Gasteiger partial charge >= 0.3 is 0 Å². The van der Waals surface area contributed by atoms with E-state index in [4.69, 9.17) is 10.3 Å². The molecule has 92 valence electrons. The zero-order chi connectivity index (χ0) is 12.3. The standard InChI is InChI=1S/C11H22N4O/c1-7(2)8(3)11-13-10(14-16-11)9(12)6-15(4)5/h7-9H,6,12H2,1-5H3. The van der Waals surface area contributed by atoms with Crippen LogP contribution in [-0.4, -0.2) is 35.7 Å². The summed E-state index contributed by atoms with van der Waals surface area (Å²) in [7, 11) is 3.94. The van der Waals surface area contributed by atoms with Gasteiger partial charge in [0.25, 0.3) is 0 Å². The second-order valence-corrected chi connectivity index (χ2v) is 4.89. The molecule has 5 heteroatoms. The van der Waals surface area contributed by atoms with Crippen LogP contribution in [0.1, 0.15) is 44.4 Å². The lowest BCUT2D eigenvalue weighted by Crippen LogP contribution is -2.26. The van der Waals surface area contributed by atoms with Crippen molar-refractivity contribution >= 4 is 0 Å². The first-order chi connectivity index (χ1) is 7.41. The highest BCUT2D eigenvalue weighted by Gasteiger charge is 2.20. The molecule has 2 atom stereocenters. The number of nitrogens with zero attached hydrogens (tertiary/aromatic N) is 3. The molecule has 5 nitrogen and oxygen atoms in total. The van der Waals surface area contributed by atoms with Crippen LogP contribution in [0.3, 0.4) is 0 Å². The van der Waals surface area contributed by atoms with Crippen LogP contribution in [0.5, 0.6) is 0 Å². The minimum absolute atomic E-state index is 0.188. The van der Waals surface area contributed by atoms with Crippen molar-refractivity contribution in [2.45, 2.75) is 32.7 Å². The third-order valence-corrected chi connectivity index (χ3v) is 2.74. The van der Waals surface area contributed by atoms with Gasteiger partial charge in [-0.2, -0.15) is 4.98 Å². The topological polar surface area (TPSA) is 68.2 Å². The van der Waals surface area contributed by atoms with E-state index < -0.39 is 0 Å². The van der Waals surface area contributed by atoms with E-state index >= 15 is 0 Å². The van der Waals surface area contributed by atoms with E-state index in [-0.39, 0.29) is 12.0 Å². The molecule has 0 amide bonds. The Bertz CT molecular complexity index is 322. The van der Waals surface area contributed by atoms with Crippen LogP contribution in [0.15, 0.2) is 4.52 Å². The molecule has 0 fully saturated rings. The Morgan fingerprint density at radius 3 is 2.44 bits per heavy atom. The van der Waals surface area contributed by atoms with Crippen molar-refractivity contribution in [1.82, 2.24) is 15.0 Å². The van der Waals surface area contributed by atoms with Crippen molar-refractivity contribution in [2.24, 2.45) is 11.7 Å². The third-order valence-electron chi connectivity index (χ3n) is 2.74. The van der Waals surface area contributed by atoms with Crippen LogP contribution in [-0.2, 0) is 0 Å². The number of hydrogen-bond donors (Lipinski definition) is 1. The molecule has 0 aromatic carbocycles. The van der Waals surface area contributed by atoms with Gasteiger partial charge in [-0.25, -0.2) is 0 Å². The normalized spacial score (nSPS) is 15.8. The second kappa shape index (κ2) is 5.41. The fourth-order valence-corrected chi connectivity index (χ4v) is 1.34. The average molecular weight is 226 g/mol. The van der Waals surface area contributed by atoms with Crippen LogP contribution in [0.4, 0.5) is 0 Å². The Kier molecular flexibility index (Phi) is 4.44. The summed E-state index contributed by atoms with van der Waals surface area (Å²) in [6.45, 7) is 7.07. The highest BCUT2D eigenvalue weighted by atomic mass is 16.5. The van der Waals surface area contributed by atoms with Crippen LogP contribution >= 0.6 is 0 Å². The van der Waals surface area contributed by atoms with Crippen LogP contribution in [0, 0.1) is 5.92 Å². The molecule has 0 bridgehead atoms. The minimum Gasteiger partial charge on any atom is -0.339 e. The molecule has 0 aliphatic heterocycles. The molecule has 0 aliphatic carbocycles. The third kappa shape index (κ3) is 3.28. The maximum absolute atomic E-state index is 5.96. The monoisotopic (exact) mass is 226 g/mol. The first kappa shape index (κ1) is 13.1. The lowest BCUT2D eigenvalue weighted by Gasteiger charge is -2.13. The molecule has 2 unspecified atom stereocenters. The van der Waals surface area contributed by atoms with E-state index in [2.05, 4.69) is 30.9 Å². The van der Waals surface area contributed by atoms with Gasteiger partial charge in [-0.3, -0.25) is 0 Å². The highest BCUT2D eigenvalue weighted by molar-refractivity contribution is 4.98. The van der Waals surface area contributed by atoms with E-state index in [1.165, 1.54) is 0 Å². The summed E-state index contributed by atoms with van der Waals surface area (Å²) in [5, 5.41) is 3.93. The smallest absolute Gasteiger partial charge is 0.229 e. The Hall–Kier alpha value is -0.940. The van der Waals surface area contributed by atoms with E-state index in [0.717, 1.165) is 6.54 Å². The Morgan fingerprint density at radius 1 is 1.31 bits per heavy atom. The van der Waals surface area contributed by atoms with Gasteiger partial charge < -0.3 is 15.2 Å². The molecule has 1 rings (SSSR count). The molecule has 1 heterocycles. The number of rotatable bonds is 5. The fraction of sp³-hybridized carbons (Fsp3) is 0.818. The maximum atomic E-state index is 5.96. The van der Waals surface area contributed by atoms with Gasteiger partial charge in [0.1, 0.15) is 0 Å². The van der Waals surface area contributed by atoms with Crippen molar-refractivity contribution in [2.75, 3.05) is 20.6 Å². The van der Waals surface area contributed by atoms with Crippen molar-refractivity contribution in [3.8, 4) is 0 Å². The van der Waals surface area contributed by atoms with Gasteiger partial charge in [0.2, 0.25) is 5.89 Å². The van der Waals surface area contributed by atoms with Gasteiger partial charge in [-0.1, -0.05) is 25.9 Å². The molecule has 0 radical (unpaired) electrons. The zero-order valence-electron chi connectivity index (χ0n) is 10.8.